The van der Waals surface area contributed by atoms with Gasteiger partial charge in [-0.25, -0.2) is 0 Å². The minimum absolute atomic E-state index is 0.0551. The molecule has 2 heterocycles. The molecule has 0 aromatic carbocycles. The highest BCUT2D eigenvalue weighted by atomic mass is 32.2. The van der Waals surface area contributed by atoms with Crippen molar-refractivity contribution in [2.24, 2.45) is 0 Å². The van der Waals surface area contributed by atoms with E-state index in [1.807, 2.05) is 48.5 Å². The molecule has 1 aliphatic heterocycles. The van der Waals surface area contributed by atoms with E-state index in [4.69, 9.17) is 0 Å². The molecule has 144 valence electrons. The van der Waals surface area contributed by atoms with E-state index in [0.717, 1.165) is 0 Å². The molecule has 1 aromatic rings. The van der Waals surface area contributed by atoms with Crippen LogP contribution in [0.1, 0.15) is 71.9 Å². The largest absolute Gasteiger partial charge is 0.501 e. The molecule has 0 aliphatic carbocycles. The van der Waals surface area contributed by atoms with E-state index in [1.54, 1.807) is 11.8 Å². The first-order valence-corrected chi connectivity index (χ1v) is 10.2. The van der Waals surface area contributed by atoms with Gasteiger partial charge < -0.3 is 14.6 Å². The summed E-state index contributed by atoms with van der Waals surface area (Å²) in [5.74, 6) is -0.825. The van der Waals surface area contributed by atoms with Gasteiger partial charge >= 0.3 is 5.56 Å². The number of aromatic nitrogens is 2. The Hall–Kier alpha value is -1.70. The monoisotopic (exact) mass is 373 g/mol. The van der Waals surface area contributed by atoms with Crippen molar-refractivity contribution in [3.63, 3.8) is 0 Å². The highest BCUT2D eigenvalue weighted by molar-refractivity contribution is 7.84. The zero-order valence-electron chi connectivity index (χ0n) is 16.5. The Bertz CT molecular complexity index is 671. The summed E-state index contributed by atoms with van der Waals surface area (Å²) in [5.41, 5.74) is -1.02. The Kier molecular flexibility index (Phi) is 9.62. The highest BCUT2D eigenvalue weighted by Crippen LogP contribution is 2.28. The van der Waals surface area contributed by atoms with Crippen LogP contribution in [0, 0.1) is 0 Å². The summed E-state index contributed by atoms with van der Waals surface area (Å²) in [5, 5.41) is 10.0. The molecule has 2 atom stereocenters. The molecule has 0 radical (unpaired) electrons. The predicted molar refractivity (Wildman–Crippen MR) is 101 cm³/mol. The van der Waals surface area contributed by atoms with Gasteiger partial charge in [0.1, 0.15) is 0 Å². The summed E-state index contributed by atoms with van der Waals surface area (Å²) in [6, 6.07) is -0.277. The molecule has 25 heavy (non-hydrogen) atoms. The minimum Gasteiger partial charge on any atom is -0.501 e. The van der Waals surface area contributed by atoms with Crippen LogP contribution in [0.4, 0.5) is 0 Å². The van der Waals surface area contributed by atoms with Gasteiger partial charge in [0, 0.05) is 18.3 Å². The Balaban J connectivity index is 0.00000134. The van der Waals surface area contributed by atoms with Crippen LogP contribution in [-0.2, 0) is 10.8 Å². The van der Waals surface area contributed by atoms with E-state index < -0.39 is 28.0 Å². The van der Waals surface area contributed by atoms with Gasteiger partial charge in [-0.3, -0.25) is 13.8 Å². The van der Waals surface area contributed by atoms with Gasteiger partial charge in [0.25, 0.3) is 5.91 Å². The topological polar surface area (TPSA) is 92.5 Å². The van der Waals surface area contributed by atoms with Crippen molar-refractivity contribution in [2.75, 3.05) is 12.3 Å². The maximum absolute atomic E-state index is 12.5. The average molecular weight is 374 g/mol. The van der Waals surface area contributed by atoms with Crippen LogP contribution in [0.2, 0.25) is 0 Å². The number of amides is 1. The van der Waals surface area contributed by atoms with Crippen molar-refractivity contribution < 1.29 is 14.1 Å². The lowest BCUT2D eigenvalue weighted by Crippen LogP contribution is -2.48. The molecule has 0 fully saturated rings. The van der Waals surface area contributed by atoms with Crippen molar-refractivity contribution in [3.05, 3.63) is 16.0 Å². The van der Waals surface area contributed by atoms with Gasteiger partial charge in [0.15, 0.2) is 5.69 Å². The zero-order valence-corrected chi connectivity index (χ0v) is 17.3. The first-order chi connectivity index (χ1) is 11.8. The summed E-state index contributed by atoms with van der Waals surface area (Å²) in [7, 11) is -1.49. The Morgan fingerprint density at radius 3 is 2.20 bits per heavy atom. The molecule has 0 spiro atoms. The summed E-state index contributed by atoms with van der Waals surface area (Å²) < 4.78 is 13.5. The third kappa shape index (κ3) is 4.68. The summed E-state index contributed by atoms with van der Waals surface area (Å²) >= 11 is 0. The van der Waals surface area contributed by atoms with Crippen LogP contribution < -0.4 is 5.56 Å². The second-order valence-corrected chi connectivity index (χ2v) is 6.93. The fourth-order valence-corrected chi connectivity index (χ4v) is 3.37. The van der Waals surface area contributed by atoms with E-state index >= 15 is 0 Å². The first-order valence-electron chi connectivity index (χ1n) is 8.84. The molecular formula is C17H31N3O4S. The Morgan fingerprint density at radius 1 is 1.24 bits per heavy atom. The molecule has 0 bridgehead atoms. The number of carbonyl (C=O) groups is 1. The zero-order chi connectivity index (χ0) is 19.9. The number of carbonyl (C=O) groups excluding carboxylic acids is 1. The molecular weight excluding hydrogens is 342 g/mol. The van der Waals surface area contributed by atoms with Crippen LogP contribution in [0.25, 0.3) is 0 Å². The quantitative estimate of drug-likeness (QED) is 0.822. The average Bonchev–Trinajstić information content (AvgIpc) is 2.62. The van der Waals surface area contributed by atoms with E-state index in [1.165, 1.54) is 4.57 Å². The molecule has 1 unspecified atom stereocenters. The highest BCUT2D eigenvalue weighted by Gasteiger charge is 2.36. The molecule has 1 N–H and O–H groups in total. The standard InChI is InChI=1S/C13H19N3O4S.2C2H6/c1-5-21(20)13-14-11(18)10(17)9-12(19)15(7(2)3)6-8(4)16(9)13;2*1-2/h7-8,17H,5-6H2,1-4H3;2*1-2H3/t8-,21?;;/m0../s1. The normalized spacial score (nSPS) is 17.1. The second kappa shape index (κ2) is 10.3. The fraction of sp³-hybridized carbons (Fsp3) is 0.706. The van der Waals surface area contributed by atoms with Crippen LogP contribution in [0.3, 0.4) is 0 Å². The maximum atomic E-state index is 12.5. The smallest absolute Gasteiger partial charge is 0.316 e. The third-order valence-corrected chi connectivity index (χ3v) is 4.74. The van der Waals surface area contributed by atoms with Gasteiger partial charge in [0.05, 0.1) is 16.8 Å². The lowest BCUT2D eigenvalue weighted by Gasteiger charge is -2.37. The minimum atomic E-state index is -1.49. The molecule has 8 heteroatoms. The molecule has 1 aromatic heterocycles. The van der Waals surface area contributed by atoms with Crippen molar-refractivity contribution in [3.8, 4) is 5.75 Å². The molecule has 2 rings (SSSR count). The fourth-order valence-electron chi connectivity index (χ4n) is 2.44. The van der Waals surface area contributed by atoms with Crippen molar-refractivity contribution in [1.82, 2.24) is 14.5 Å². The lowest BCUT2D eigenvalue weighted by atomic mass is 10.1. The number of nitrogens with zero attached hydrogens (tertiary/aromatic N) is 3. The van der Waals surface area contributed by atoms with Crippen LogP contribution in [-0.4, -0.2) is 48.0 Å². The second-order valence-electron chi connectivity index (χ2n) is 5.30. The summed E-state index contributed by atoms with van der Waals surface area (Å²) in [6.07, 6.45) is 0. The number of hydrogen-bond acceptors (Lipinski definition) is 5. The van der Waals surface area contributed by atoms with E-state index in [2.05, 4.69) is 4.98 Å². The van der Waals surface area contributed by atoms with E-state index in [9.17, 15) is 18.9 Å². The molecule has 0 saturated carbocycles. The first kappa shape index (κ1) is 23.3. The van der Waals surface area contributed by atoms with Crippen molar-refractivity contribution >= 4 is 16.7 Å². The Labute approximate surface area is 152 Å². The number of fused-ring (bicyclic) bond motifs is 1. The SMILES string of the molecule is CC.CC.CCS(=O)c1nc(=O)c(O)c2n1[C@@H](C)CN(C(C)C)C2=O. The van der Waals surface area contributed by atoms with Gasteiger partial charge in [-0.05, 0) is 20.8 Å². The van der Waals surface area contributed by atoms with Crippen LogP contribution >= 0.6 is 0 Å². The summed E-state index contributed by atoms with van der Waals surface area (Å²) in [4.78, 5) is 29.6. The van der Waals surface area contributed by atoms with E-state index in [0.29, 0.717) is 6.54 Å². The van der Waals surface area contributed by atoms with Crippen LogP contribution in [0.15, 0.2) is 9.95 Å². The van der Waals surface area contributed by atoms with Gasteiger partial charge in [-0.2, -0.15) is 4.98 Å². The Morgan fingerprint density at radius 2 is 1.76 bits per heavy atom. The van der Waals surface area contributed by atoms with Gasteiger partial charge in [-0.15, -0.1) is 0 Å². The third-order valence-electron chi connectivity index (χ3n) is 3.53. The van der Waals surface area contributed by atoms with Crippen LogP contribution in [0.5, 0.6) is 5.75 Å². The summed E-state index contributed by atoms with van der Waals surface area (Å²) in [6.45, 7) is 15.7. The molecule has 1 aliphatic rings. The molecule has 7 nitrogen and oxygen atoms in total. The van der Waals surface area contributed by atoms with Gasteiger partial charge in [-0.1, -0.05) is 34.6 Å². The maximum Gasteiger partial charge on any atom is 0.316 e. The number of hydrogen-bond donors (Lipinski definition) is 1. The van der Waals surface area contributed by atoms with E-state index in [-0.39, 0.29) is 28.7 Å². The lowest BCUT2D eigenvalue weighted by molar-refractivity contribution is 0.0595. The molecule has 1 amide bonds. The molecule has 0 saturated heterocycles. The number of rotatable bonds is 3. The van der Waals surface area contributed by atoms with Crippen molar-refractivity contribution in [1.29, 1.82) is 0 Å². The van der Waals surface area contributed by atoms with Crippen molar-refractivity contribution in [2.45, 2.75) is 72.6 Å². The number of aromatic hydroxyl groups is 1. The van der Waals surface area contributed by atoms with Gasteiger partial charge in [0.2, 0.25) is 10.9 Å². The predicted octanol–water partition coefficient (Wildman–Crippen LogP) is 2.55.